The highest BCUT2D eigenvalue weighted by Gasteiger charge is 2.23. The fraction of sp³-hybridized carbons (Fsp3) is 0.0909. The fourth-order valence-electron chi connectivity index (χ4n) is 3.03. The van der Waals surface area contributed by atoms with E-state index in [2.05, 4.69) is 0 Å². The lowest BCUT2D eigenvalue weighted by Crippen LogP contribution is -2.30. The average molecular weight is 462 g/mol. The number of thiazole rings is 1. The van der Waals surface area contributed by atoms with Gasteiger partial charge in [-0.05, 0) is 48.4 Å². The van der Waals surface area contributed by atoms with E-state index in [4.69, 9.17) is 39.8 Å². The number of rotatable bonds is 4. The Hall–Kier alpha value is -2.11. The summed E-state index contributed by atoms with van der Waals surface area (Å²) in [6.07, 6.45) is 0. The molecule has 4 aromatic rings. The number of halogens is 3. The van der Waals surface area contributed by atoms with Crippen molar-refractivity contribution in [3.8, 4) is 0 Å². The van der Waals surface area contributed by atoms with Crippen LogP contribution in [0, 0.1) is 6.92 Å². The van der Waals surface area contributed by atoms with Gasteiger partial charge in [0.25, 0.3) is 5.91 Å². The van der Waals surface area contributed by atoms with Crippen molar-refractivity contribution in [2.24, 2.45) is 0 Å². The molecule has 0 radical (unpaired) electrons. The van der Waals surface area contributed by atoms with Gasteiger partial charge in [0.2, 0.25) is 0 Å². The van der Waals surface area contributed by atoms with Crippen LogP contribution in [0.3, 0.4) is 0 Å². The molecule has 146 valence electrons. The maximum Gasteiger partial charge on any atom is 0.260 e. The number of benzene rings is 3. The smallest absolute Gasteiger partial charge is 0.260 e. The second-order valence-electron chi connectivity index (χ2n) is 6.55. The minimum absolute atomic E-state index is 0.221. The van der Waals surface area contributed by atoms with E-state index in [0.717, 1.165) is 21.3 Å². The van der Waals surface area contributed by atoms with Crippen LogP contribution in [0.25, 0.3) is 10.2 Å². The van der Waals surface area contributed by atoms with Crippen molar-refractivity contribution in [3.05, 3.63) is 92.4 Å². The van der Waals surface area contributed by atoms with Crippen molar-refractivity contribution in [1.29, 1.82) is 0 Å². The number of fused-ring (bicyclic) bond motifs is 1. The largest absolute Gasteiger partial charge is 0.279 e. The highest BCUT2D eigenvalue weighted by molar-refractivity contribution is 7.22. The first kappa shape index (κ1) is 20.2. The van der Waals surface area contributed by atoms with Crippen molar-refractivity contribution in [1.82, 2.24) is 4.98 Å². The fourth-order valence-corrected chi connectivity index (χ4v) is 4.73. The maximum absolute atomic E-state index is 13.4. The van der Waals surface area contributed by atoms with Gasteiger partial charge in [-0.3, -0.25) is 9.69 Å². The van der Waals surface area contributed by atoms with Gasteiger partial charge in [-0.15, -0.1) is 0 Å². The standard InChI is InChI=1S/C22H15Cl3N2OS/c1-13-18(25)7-8-19-20(13)26-22(29-19)27(12-14-5-3-2-4-6-14)21(28)15-9-16(23)11-17(24)10-15/h2-11H,12H2,1H3. The Bertz CT molecular complexity index is 1190. The molecule has 1 aromatic heterocycles. The van der Waals surface area contributed by atoms with E-state index in [0.29, 0.717) is 32.3 Å². The molecule has 0 atom stereocenters. The molecule has 0 unspecified atom stereocenters. The monoisotopic (exact) mass is 460 g/mol. The van der Waals surface area contributed by atoms with E-state index in [-0.39, 0.29) is 5.91 Å². The molecule has 0 aliphatic heterocycles. The zero-order chi connectivity index (χ0) is 20.5. The van der Waals surface area contributed by atoms with Crippen LogP contribution in [0.4, 0.5) is 5.13 Å². The Kier molecular flexibility index (Phi) is 5.79. The molecule has 1 amide bonds. The van der Waals surface area contributed by atoms with Crippen molar-refractivity contribution < 1.29 is 4.79 Å². The molecule has 0 saturated heterocycles. The third-order valence-electron chi connectivity index (χ3n) is 4.51. The van der Waals surface area contributed by atoms with Gasteiger partial charge in [0.05, 0.1) is 16.8 Å². The summed E-state index contributed by atoms with van der Waals surface area (Å²) in [4.78, 5) is 19.8. The van der Waals surface area contributed by atoms with Gasteiger partial charge in [-0.25, -0.2) is 4.98 Å². The van der Waals surface area contributed by atoms with Crippen LogP contribution in [0.1, 0.15) is 21.5 Å². The highest BCUT2D eigenvalue weighted by atomic mass is 35.5. The van der Waals surface area contributed by atoms with E-state index < -0.39 is 0 Å². The first-order valence-electron chi connectivity index (χ1n) is 8.80. The minimum Gasteiger partial charge on any atom is -0.279 e. The van der Waals surface area contributed by atoms with E-state index in [1.54, 1.807) is 23.1 Å². The van der Waals surface area contributed by atoms with Crippen molar-refractivity contribution >= 4 is 67.4 Å². The molecule has 3 nitrogen and oxygen atoms in total. The second kappa shape index (κ2) is 8.33. The lowest BCUT2D eigenvalue weighted by molar-refractivity contribution is 0.0985. The molecular formula is C22H15Cl3N2OS. The molecule has 0 spiro atoms. The Morgan fingerprint density at radius 2 is 1.69 bits per heavy atom. The van der Waals surface area contributed by atoms with Crippen LogP contribution in [0.2, 0.25) is 15.1 Å². The molecule has 0 fully saturated rings. The predicted octanol–water partition coefficient (Wildman–Crippen LogP) is 7.41. The van der Waals surface area contributed by atoms with Crippen molar-refractivity contribution in [2.75, 3.05) is 4.90 Å². The third kappa shape index (κ3) is 4.26. The highest BCUT2D eigenvalue weighted by Crippen LogP contribution is 2.35. The Morgan fingerprint density at radius 1 is 1.00 bits per heavy atom. The summed E-state index contributed by atoms with van der Waals surface area (Å²) >= 11 is 20.0. The minimum atomic E-state index is -0.221. The zero-order valence-electron chi connectivity index (χ0n) is 15.3. The molecule has 1 heterocycles. The lowest BCUT2D eigenvalue weighted by Gasteiger charge is -2.20. The number of carbonyl (C=O) groups excluding carboxylic acids is 1. The number of carbonyl (C=O) groups is 1. The Morgan fingerprint density at radius 3 is 2.38 bits per heavy atom. The van der Waals surface area contributed by atoms with Gasteiger partial charge in [-0.1, -0.05) is 76.5 Å². The van der Waals surface area contributed by atoms with Gasteiger partial charge in [0.1, 0.15) is 0 Å². The Labute approximate surface area is 187 Å². The van der Waals surface area contributed by atoms with Crippen LogP contribution >= 0.6 is 46.1 Å². The van der Waals surface area contributed by atoms with E-state index in [1.807, 2.05) is 49.4 Å². The summed E-state index contributed by atoms with van der Waals surface area (Å²) < 4.78 is 0.969. The maximum atomic E-state index is 13.4. The normalized spacial score (nSPS) is 11.0. The van der Waals surface area contributed by atoms with Gasteiger partial charge >= 0.3 is 0 Å². The third-order valence-corrected chi connectivity index (χ3v) is 6.40. The molecule has 0 aliphatic carbocycles. The molecule has 0 saturated carbocycles. The molecule has 3 aromatic carbocycles. The van der Waals surface area contributed by atoms with Gasteiger partial charge in [-0.2, -0.15) is 0 Å². The lowest BCUT2D eigenvalue weighted by atomic mass is 10.1. The number of nitrogens with zero attached hydrogens (tertiary/aromatic N) is 2. The summed E-state index contributed by atoms with van der Waals surface area (Å²) in [5.41, 5.74) is 3.09. The first-order valence-corrected chi connectivity index (χ1v) is 10.7. The van der Waals surface area contributed by atoms with Crippen molar-refractivity contribution in [3.63, 3.8) is 0 Å². The molecule has 0 N–H and O–H groups in total. The van der Waals surface area contributed by atoms with Crippen LogP contribution in [-0.2, 0) is 6.54 Å². The number of amides is 1. The Balaban J connectivity index is 1.82. The topological polar surface area (TPSA) is 33.2 Å². The average Bonchev–Trinajstić information content (AvgIpc) is 3.13. The van der Waals surface area contributed by atoms with Crippen molar-refractivity contribution in [2.45, 2.75) is 13.5 Å². The van der Waals surface area contributed by atoms with Gasteiger partial charge in [0.15, 0.2) is 5.13 Å². The summed E-state index contributed by atoms with van der Waals surface area (Å²) in [6, 6.07) is 18.4. The summed E-state index contributed by atoms with van der Waals surface area (Å²) in [7, 11) is 0. The van der Waals surface area contributed by atoms with E-state index >= 15 is 0 Å². The number of aryl methyl sites for hydroxylation is 1. The molecule has 0 aliphatic rings. The van der Waals surface area contributed by atoms with Crippen LogP contribution in [0.15, 0.2) is 60.7 Å². The van der Waals surface area contributed by atoms with Gasteiger partial charge < -0.3 is 0 Å². The van der Waals surface area contributed by atoms with E-state index in [9.17, 15) is 4.79 Å². The zero-order valence-corrected chi connectivity index (χ0v) is 18.4. The number of hydrogen-bond acceptors (Lipinski definition) is 3. The number of aromatic nitrogens is 1. The number of hydrogen-bond donors (Lipinski definition) is 0. The summed E-state index contributed by atoms with van der Waals surface area (Å²) in [5.74, 6) is -0.221. The molecule has 4 rings (SSSR count). The number of anilines is 1. The quantitative estimate of drug-likeness (QED) is 0.317. The van der Waals surface area contributed by atoms with E-state index in [1.165, 1.54) is 11.3 Å². The SMILES string of the molecule is Cc1c(Cl)ccc2sc(N(Cc3ccccc3)C(=O)c3cc(Cl)cc(Cl)c3)nc12. The van der Waals surface area contributed by atoms with Crippen LogP contribution < -0.4 is 4.90 Å². The second-order valence-corrected chi connectivity index (χ2v) is 8.84. The molecular weight excluding hydrogens is 447 g/mol. The predicted molar refractivity (Wildman–Crippen MR) is 123 cm³/mol. The summed E-state index contributed by atoms with van der Waals surface area (Å²) in [6.45, 7) is 2.30. The van der Waals surface area contributed by atoms with Crippen LogP contribution in [-0.4, -0.2) is 10.9 Å². The summed E-state index contributed by atoms with van der Waals surface area (Å²) in [5, 5.41) is 2.06. The molecule has 7 heteroatoms. The first-order chi connectivity index (χ1) is 13.9. The molecule has 29 heavy (non-hydrogen) atoms. The molecule has 0 bridgehead atoms. The van der Waals surface area contributed by atoms with Crippen LogP contribution in [0.5, 0.6) is 0 Å². The van der Waals surface area contributed by atoms with Gasteiger partial charge in [0, 0.05) is 20.6 Å².